The van der Waals surface area contributed by atoms with Crippen LogP contribution in [0.25, 0.3) is 15.8 Å². The van der Waals surface area contributed by atoms with Crippen LogP contribution in [0, 0.1) is 0 Å². The highest BCUT2D eigenvalue weighted by atomic mass is 32.2. The van der Waals surface area contributed by atoms with E-state index in [1.165, 1.54) is 16.2 Å². The van der Waals surface area contributed by atoms with Crippen molar-refractivity contribution in [2.75, 3.05) is 31.1 Å². The number of aromatic nitrogens is 6. The summed E-state index contributed by atoms with van der Waals surface area (Å²) in [4.78, 5) is 19.8. The van der Waals surface area contributed by atoms with E-state index in [9.17, 15) is 8.42 Å². The van der Waals surface area contributed by atoms with Gasteiger partial charge in [0.1, 0.15) is 12.4 Å². The second-order valence-corrected chi connectivity index (χ2v) is 12.6. The number of nitrogens with zero attached hydrogens (tertiary/aromatic N) is 7. The fourth-order valence-corrected chi connectivity index (χ4v) is 7.09. The molecule has 0 saturated carbocycles. The quantitative estimate of drug-likeness (QED) is 0.339. The number of aryl methyl sites for hydroxylation is 1. The zero-order valence-corrected chi connectivity index (χ0v) is 23.3. The first kappa shape index (κ1) is 25.8. The maximum absolute atomic E-state index is 12.7. The summed E-state index contributed by atoms with van der Waals surface area (Å²) in [5.41, 5.74) is 4.28. The predicted octanol–water partition coefficient (Wildman–Crippen LogP) is 3.68. The van der Waals surface area contributed by atoms with E-state index < -0.39 is 10.0 Å². The Labute approximate surface area is 231 Å². The third-order valence-corrected chi connectivity index (χ3v) is 9.72. The smallest absolute Gasteiger partial charge is 0.278 e. The summed E-state index contributed by atoms with van der Waals surface area (Å²) in [6.45, 7) is 4.54. The summed E-state index contributed by atoms with van der Waals surface area (Å²) in [7, 11) is -3.67. The summed E-state index contributed by atoms with van der Waals surface area (Å²) < 4.78 is 34.1. The van der Waals surface area contributed by atoms with Gasteiger partial charge in [-0.15, -0.1) is 0 Å². The topological polar surface area (TPSA) is 130 Å². The largest absolute Gasteiger partial charge is 0.467 e. The monoisotopic (exact) mass is 566 g/mol. The average Bonchev–Trinajstić information content (AvgIpc) is 3.65. The number of rotatable bonds is 8. The first-order chi connectivity index (χ1) is 19.0. The number of anilines is 1. The van der Waals surface area contributed by atoms with Crippen LogP contribution < -0.4 is 9.64 Å². The molecule has 0 atom stereocenters. The zero-order valence-electron chi connectivity index (χ0n) is 21.7. The Balaban J connectivity index is 1.07. The van der Waals surface area contributed by atoms with E-state index in [4.69, 9.17) is 9.72 Å². The molecule has 1 N–H and O–H groups in total. The number of piperidine rings is 1. The standard InChI is InChI=1S/C26H30N8O3S2/c1-2-3-18-15-27-24(28-16-18)33-10-8-21(9-11-33)37-26-31-22-5-4-20(14-23(22)38-26)19-6-12-34(13-7-19)39(35,36)25-29-17-30-32-25/h4-6,14-17,21H,2-3,7-13H2,1H3,(H,29,30,32). The van der Waals surface area contributed by atoms with E-state index in [0.717, 1.165) is 66.1 Å². The van der Waals surface area contributed by atoms with Gasteiger partial charge in [0.05, 0.1) is 10.2 Å². The molecule has 0 radical (unpaired) electrons. The van der Waals surface area contributed by atoms with Gasteiger partial charge in [-0.05, 0) is 41.7 Å². The van der Waals surface area contributed by atoms with Gasteiger partial charge in [0.15, 0.2) is 0 Å². The first-order valence-corrected chi connectivity index (χ1v) is 15.4. The summed E-state index contributed by atoms with van der Waals surface area (Å²) >= 11 is 1.55. The van der Waals surface area contributed by atoms with Crippen molar-refractivity contribution in [3.8, 4) is 5.19 Å². The molecule has 204 valence electrons. The van der Waals surface area contributed by atoms with E-state index in [0.29, 0.717) is 24.7 Å². The van der Waals surface area contributed by atoms with Gasteiger partial charge in [0.2, 0.25) is 5.95 Å². The minimum absolute atomic E-state index is 0.110. The molecule has 2 aliphatic heterocycles. The second-order valence-electron chi connectivity index (χ2n) is 9.74. The van der Waals surface area contributed by atoms with Gasteiger partial charge in [0.25, 0.3) is 20.4 Å². The Morgan fingerprint density at radius 3 is 2.64 bits per heavy atom. The van der Waals surface area contributed by atoms with Crippen molar-refractivity contribution in [2.45, 2.75) is 50.3 Å². The fraction of sp³-hybridized carbons (Fsp3) is 0.423. The molecule has 5 heterocycles. The molecule has 1 fully saturated rings. The predicted molar refractivity (Wildman–Crippen MR) is 149 cm³/mol. The normalized spacial score (nSPS) is 17.5. The number of thiazole rings is 1. The summed E-state index contributed by atoms with van der Waals surface area (Å²) in [5, 5.41) is 6.66. The number of fused-ring (bicyclic) bond motifs is 1. The summed E-state index contributed by atoms with van der Waals surface area (Å²) in [6, 6.07) is 6.17. The van der Waals surface area contributed by atoms with Gasteiger partial charge < -0.3 is 9.64 Å². The highest BCUT2D eigenvalue weighted by Crippen LogP contribution is 2.34. The third-order valence-electron chi connectivity index (χ3n) is 7.11. The van der Waals surface area contributed by atoms with Gasteiger partial charge in [-0.2, -0.15) is 9.40 Å². The highest BCUT2D eigenvalue weighted by Gasteiger charge is 2.29. The SMILES string of the molecule is CCCc1cnc(N2CCC(Oc3nc4ccc(C5=CCN(S(=O)(=O)c6ncn[nH]6)CC5)cc4s3)CC2)nc1. The molecular weight excluding hydrogens is 536 g/mol. The lowest BCUT2D eigenvalue weighted by Gasteiger charge is -2.31. The molecule has 4 aromatic rings. The Hall–Kier alpha value is -3.42. The van der Waals surface area contributed by atoms with Crippen LogP contribution in [-0.2, 0) is 16.4 Å². The maximum Gasteiger partial charge on any atom is 0.278 e. The van der Waals surface area contributed by atoms with Crippen LogP contribution in [0.1, 0.15) is 43.7 Å². The van der Waals surface area contributed by atoms with Crippen LogP contribution in [0.2, 0.25) is 0 Å². The van der Waals surface area contributed by atoms with Crippen molar-refractivity contribution in [3.63, 3.8) is 0 Å². The molecule has 0 spiro atoms. The molecule has 0 amide bonds. The Bertz CT molecular complexity index is 1560. The molecule has 39 heavy (non-hydrogen) atoms. The van der Waals surface area contributed by atoms with Crippen LogP contribution in [0.4, 0.5) is 5.95 Å². The Kier molecular flexibility index (Phi) is 7.28. The number of aromatic amines is 1. The van der Waals surface area contributed by atoms with Crippen LogP contribution in [-0.4, -0.2) is 75.1 Å². The molecule has 6 rings (SSSR count). The number of sulfonamides is 1. The minimum Gasteiger partial charge on any atom is -0.467 e. The van der Waals surface area contributed by atoms with E-state index in [1.807, 2.05) is 30.6 Å². The van der Waals surface area contributed by atoms with Crippen molar-refractivity contribution in [1.29, 1.82) is 0 Å². The number of H-pyrrole nitrogens is 1. The van der Waals surface area contributed by atoms with Crippen molar-refractivity contribution in [2.24, 2.45) is 0 Å². The molecule has 13 heteroatoms. The fourth-order valence-electron chi connectivity index (χ4n) is 4.97. The Morgan fingerprint density at radius 1 is 1.13 bits per heavy atom. The van der Waals surface area contributed by atoms with Crippen molar-refractivity contribution in [1.82, 2.24) is 34.4 Å². The number of hydrogen-bond donors (Lipinski definition) is 1. The van der Waals surface area contributed by atoms with E-state index in [-0.39, 0.29) is 11.3 Å². The molecule has 1 saturated heterocycles. The molecule has 2 aliphatic rings. The lowest BCUT2D eigenvalue weighted by Crippen LogP contribution is -2.39. The highest BCUT2D eigenvalue weighted by molar-refractivity contribution is 7.89. The average molecular weight is 567 g/mol. The van der Waals surface area contributed by atoms with E-state index in [1.54, 1.807) is 11.3 Å². The Morgan fingerprint density at radius 2 is 1.95 bits per heavy atom. The van der Waals surface area contributed by atoms with E-state index in [2.05, 4.69) is 43.0 Å². The number of ether oxygens (including phenoxy) is 1. The zero-order chi connectivity index (χ0) is 26.8. The maximum atomic E-state index is 12.7. The first-order valence-electron chi connectivity index (χ1n) is 13.2. The van der Waals surface area contributed by atoms with Crippen molar-refractivity contribution < 1.29 is 13.2 Å². The van der Waals surface area contributed by atoms with Gasteiger partial charge >= 0.3 is 0 Å². The molecule has 11 nitrogen and oxygen atoms in total. The number of benzene rings is 1. The van der Waals surface area contributed by atoms with Crippen LogP contribution in [0.5, 0.6) is 5.19 Å². The summed E-state index contributed by atoms with van der Waals surface area (Å²) in [6.07, 6.45) is 11.6. The van der Waals surface area contributed by atoms with Crippen LogP contribution >= 0.6 is 11.3 Å². The molecule has 1 aromatic carbocycles. The van der Waals surface area contributed by atoms with E-state index >= 15 is 0 Å². The number of hydrogen-bond acceptors (Lipinski definition) is 10. The van der Waals surface area contributed by atoms with Gasteiger partial charge in [-0.1, -0.05) is 36.8 Å². The van der Waals surface area contributed by atoms with Gasteiger partial charge in [-0.25, -0.2) is 33.5 Å². The molecule has 3 aromatic heterocycles. The number of nitrogens with one attached hydrogen (secondary N) is 1. The van der Waals surface area contributed by atoms with Crippen LogP contribution in [0.15, 0.2) is 48.2 Å². The summed E-state index contributed by atoms with van der Waals surface area (Å²) in [5.74, 6) is 0.788. The second kappa shape index (κ2) is 11.0. The molecular formula is C26H30N8O3S2. The van der Waals surface area contributed by atoms with Crippen molar-refractivity contribution >= 4 is 43.1 Å². The van der Waals surface area contributed by atoms with Crippen LogP contribution in [0.3, 0.4) is 0 Å². The van der Waals surface area contributed by atoms with Gasteiger partial charge in [0, 0.05) is 51.4 Å². The lowest BCUT2D eigenvalue weighted by atomic mass is 10.0. The van der Waals surface area contributed by atoms with Crippen molar-refractivity contribution in [3.05, 3.63) is 54.1 Å². The minimum atomic E-state index is -3.67. The van der Waals surface area contributed by atoms with Gasteiger partial charge in [-0.3, -0.25) is 0 Å². The molecule has 0 unspecified atom stereocenters. The molecule has 0 bridgehead atoms. The third kappa shape index (κ3) is 5.52. The lowest BCUT2D eigenvalue weighted by molar-refractivity contribution is 0.170. The molecule has 0 aliphatic carbocycles.